The van der Waals surface area contributed by atoms with E-state index >= 15 is 0 Å². The van der Waals surface area contributed by atoms with Crippen LogP contribution in [0.4, 0.5) is 5.95 Å². The maximum Gasteiger partial charge on any atom is 0.225 e. The van der Waals surface area contributed by atoms with Crippen molar-refractivity contribution in [3.8, 4) is 0 Å². The van der Waals surface area contributed by atoms with Crippen LogP contribution in [0.25, 0.3) is 0 Å². The van der Waals surface area contributed by atoms with E-state index in [0.29, 0.717) is 0 Å². The smallest absolute Gasteiger partial charge is 0.225 e. The van der Waals surface area contributed by atoms with Gasteiger partial charge in [0.25, 0.3) is 0 Å². The Morgan fingerprint density at radius 3 is 2.68 bits per heavy atom. The van der Waals surface area contributed by atoms with Crippen LogP contribution in [-0.4, -0.2) is 23.6 Å². The third-order valence-corrected chi connectivity index (χ3v) is 3.52. The number of nitrogens with zero attached hydrogens (tertiary/aromatic N) is 3. The first-order valence-electron chi connectivity index (χ1n) is 6.53. The van der Waals surface area contributed by atoms with Crippen LogP contribution in [0.2, 0.25) is 0 Å². The first-order chi connectivity index (χ1) is 9.29. The van der Waals surface area contributed by atoms with Gasteiger partial charge < -0.3 is 10.2 Å². The minimum absolute atomic E-state index is 0.769. The normalized spacial score (nSPS) is 10.6. The Morgan fingerprint density at radius 1 is 1.26 bits per heavy atom. The number of hydrogen-bond acceptors (Lipinski definition) is 5. The zero-order valence-corrected chi connectivity index (χ0v) is 12.3. The lowest BCUT2D eigenvalue weighted by Crippen LogP contribution is -2.19. The number of rotatable bonds is 7. The number of aromatic nitrogens is 2. The van der Waals surface area contributed by atoms with E-state index in [4.69, 9.17) is 0 Å². The zero-order chi connectivity index (χ0) is 13.5. The van der Waals surface area contributed by atoms with Crippen molar-refractivity contribution in [3.05, 3.63) is 40.3 Å². The Balaban J connectivity index is 1.90. The molecule has 19 heavy (non-hydrogen) atoms. The van der Waals surface area contributed by atoms with Crippen molar-refractivity contribution in [2.45, 2.75) is 26.4 Å². The van der Waals surface area contributed by atoms with Crippen LogP contribution >= 0.6 is 11.3 Å². The highest BCUT2D eigenvalue weighted by atomic mass is 32.1. The average molecular weight is 276 g/mol. The fourth-order valence-corrected chi connectivity index (χ4v) is 2.43. The van der Waals surface area contributed by atoms with Crippen LogP contribution in [0.15, 0.2) is 29.2 Å². The van der Waals surface area contributed by atoms with Gasteiger partial charge in [-0.15, -0.1) is 0 Å². The van der Waals surface area contributed by atoms with Gasteiger partial charge in [-0.25, -0.2) is 9.97 Å². The lowest BCUT2D eigenvalue weighted by atomic mass is 10.3. The lowest BCUT2D eigenvalue weighted by molar-refractivity contribution is 0.671. The molecular weight excluding hydrogens is 256 g/mol. The molecule has 2 heterocycles. The molecule has 2 rings (SSSR count). The topological polar surface area (TPSA) is 41.1 Å². The highest BCUT2D eigenvalue weighted by Gasteiger charge is 2.05. The number of thiophene rings is 1. The molecule has 0 aliphatic rings. The van der Waals surface area contributed by atoms with Crippen molar-refractivity contribution in [1.29, 1.82) is 0 Å². The van der Waals surface area contributed by atoms with Crippen molar-refractivity contribution >= 4 is 17.3 Å². The molecule has 0 radical (unpaired) electrons. The first-order valence-corrected chi connectivity index (χ1v) is 7.47. The highest BCUT2D eigenvalue weighted by Crippen LogP contribution is 2.12. The summed E-state index contributed by atoms with van der Waals surface area (Å²) in [5, 5.41) is 7.59. The second kappa shape index (κ2) is 7.21. The molecule has 0 aliphatic carbocycles. The molecule has 0 aliphatic heterocycles. The number of anilines is 1. The Hall–Kier alpha value is -1.46. The molecule has 4 nitrogen and oxygen atoms in total. The van der Waals surface area contributed by atoms with E-state index in [0.717, 1.165) is 37.6 Å². The molecule has 0 unspecified atom stereocenters. The molecule has 0 saturated carbocycles. The Bertz CT molecular complexity index is 467. The van der Waals surface area contributed by atoms with Crippen LogP contribution in [-0.2, 0) is 13.1 Å². The maximum absolute atomic E-state index is 4.42. The molecular formula is C14H20N4S. The third-order valence-electron chi connectivity index (χ3n) is 2.79. The van der Waals surface area contributed by atoms with Gasteiger partial charge in [0.05, 0.1) is 0 Å². The van der Waals surface area contributed by atoms with E-state index in [1.807, 2.05) is 19.4 Å². The number of hydrogen-bond donors (Lipinski definition) is 1. The quantitative estimate of drug-likeness (QED) is 0.789. The predicted octanol–water partition coefficient (Wildman–Crippen LogP) is 2.67. The minimum atomic E-state index is 0.769. The van der Waals surface area contributed by atoms with E-state index in [1.54, 1.807) is 11.3 Å². The summed E-state index contributed by atoms with van der Waals surface area (Å²) in [6, 6.07) is 2.13. The van der Waals surface area contributed by atoms with Gasteiger partial charge in [-0.2, -0.15) is 11.3 Å². The average Bonchev–Trinajstić information content (AvgIpc) is 2.93. The zero-order valence-electron chi connectivity index (χ0n) is 11.5. The summed E-state index contributed by atoms with van der Waals surface area (Å²) in [7, 11) is 2.02. The molecule has 0 spiro atoms. The van der Waals surface area contributed by atoms with Crippen LogP contribution in [0, 0.1) is 0 Å². The van der Waals surface area contributed by atoms with E-state index in [1.165, 1.54) is 5.56 Å². The van der Waals surface area contributed by atoms with Gasteiger partial charge in [-0.3, -0.25) is 0 Å². The summed E-state index contributed by atoms with van der Waals surface area (Å²) < 4.78 is 0. The molecule has 1 N–H and O–H groups in total. The van der Waals surface area contributed by atoms with Gasteiger partial charge in [-0.05, 0) is 35.4 Å². The van der Waals surface area contributed by atoms with Gasteiger partial charge in [0, 0.05) is 38.1 Å². The van der Waals surface area contributed by atoms with E-state index in [9.17, 15) is 0 Å². The number of nitrogens with one attached hydrogen (secondary N) is 1. The van der Waals surface area contributed by atoms with Crippen LogP contribution in [0.5, 0.6) is 0 Å². The van der Waals surface area contributed by atoms with Crippen molar-refractivity contribution in [2.24, 2.45) is 0 Å². The molecule has 0 atom stereocenters. The second-order valence-electron chi connectivity index (χ2n) is 4.56. The van der Waals surface area contributed by atoms with Crippen LogP contribution < -0.4 is 10.2 Å². The molecule has 0 bridgehead atoms. The standard InChI is InChI=1S/C14H20N4S/c1-3-5-15-7-13-8-16-14(17-9-13)18(2)10-12-4-6-19-11-12/h4,6,8-9,11,15H,3,5,7,10H2,1-2H3. The van der Waals surface area contributed by atoms with Crippen molar-refractivity contribution < 1.29 is 0 Å². The van der Waals surface area contributed by atoms with Gasteiger partial charge in [0.15, 0.2) is 0 Å². The van der Waals surface area contributed by atoms with Crippen molar-refractivity contribution in [2.75, 3.05) is 18.5 Å². The van der Waals surface area contributed by atoms with Gasteiger partial charge >= 0.3 is 0 Å². The summed E-state index contributed by atoms with van der Waals surface area (Å²) in [4.78, 5) is 10.9. The van der Waals surface area contributed by atoms with Crippen molar-refractivity contribution in [3.63, 3.8) is 0 Å². The van der Waals surface area contributed by atoms with E-state index in [2.05, 4.69) is 43.9 Å². The molecule has 5 heteroatoms. The molecule has 102 valence electrons. The fourth-order valence-electron chi connectivity index (χ4n) is 1.77. The molecule has 2 aromatic rings. The Labute approximate surface area is 118 Å². The maximum atomic E-state index is 4.42. The van der Waals surface area contributed by atoms with Crippen LogP contribution in [0.1, 0.15) is 24.5 Å². The summed E-state index contributed by atoms with van der Waals surface area (Å²) in [5.41, 5.74) is 2.42. The molecule has 0 amide bonds. The molecule has 0 fully saturated rings. The van der Waals surface area contributed by atoms with Gasteiger partial charge in [0.2, 0.25) is 5.95 Å². The lowest BCUT2D eigenvalue weighted by Gasteiger charge is -2.16. The Kier molecular flexibility index (Phi) is 5.30. The van der Waals surface area contributed by atoms with E-state index < -0.39 is 0 Å². The Morgan fingerprint density at radius 2 is 2.05 bits per heavy atom. The largest absolute Gasteiger partial charge is 0.340 e. The molecule has 0 saturated heterocycles. The third kappa shape index (κ3) is 4.29. The van der Waals surface area contributed by atoms with Gasteiger partial charge in [0.1, 0.15) is 0 Å². The fraction of sp³-hybridized carbons (Fsp3) is 0.429. The first kappa shape index (κ1) is 14.0. The SMILES string of the molecule is CCCNCc1cnc(N(C)Cc2ccsc2)nc1. The van der Waals surface area contributed by atoms with Gasteiger partial charge in [-0.1, -0.05) is 6.92 Å². The summed E-state index contributed by atoms with van der Waals surface area (Å²) in [5.74, 6) is 0.769. The summed E-state index contributed by atoms with van der Waals surface area (Å²) in [6.07, 6.45) is 4.94. The molecule has 0 aromatic carbocycles. The molecule has 2 aromatic heterocycles. The second-order valence-corrected chi connectivity index (χ2v) is 5.34. The summed E-state index contributed by atoms with van der Waals surface area (Å²) in [6.45, 7) is 4.87. The minimum Gasteiger partial charge on any atom is -0.340 e. The van der Waals surface area contributed by atoms with E-state index in [-0.39, 0.29) is 0 Å². The van der Waals surface area contributed by atoms with Crippen molar-refractivity contribution in [1.82, 2.24) is 15.3 Å². The monoisotopic (exact) mass is 276 g/mol. The summed E-state index contributed by atoms with van der Waals surface area (Å²) >= 11 is 1.71. The van der Waals surface area contributed by atoms with Crippen LogP contribution in [0.3, 0.4) is 0 Å². The predicted molar refractivity (Wildman–Crippen MR) is 80.5 cm³/mol. The highest BCUT2D eigenvalue weighted by molar-refractivity contribution is 7.07.